The summed E-state index contributed by atoms with van der Waals surface area (Å²) in [5.74, 6) is -2.11. The molecule has 2 aromatic carbocycles. The van der Waals surface area contributed by atoms with Crippen LogP contribution in [0.5, 0.6) is 0 Å². The number of hydrogen-bond acceptors (Lipinski definition) is 5. The van der Waals surface area contributed by atoms with E-state index in [1.807, 2.05) is 0 Å². The summed E-state index contributed by atoms with van der Waals surface area (Å²) in [7, 11) is 0. The largest absolute Gasteiger partial charge is 0.452 e. The molecular weight excluding hydrogens is 343 g/mol. The number of hydrogen-bond donors (Lipinski definition) is 1. The number of anilines is 1. The molecule has 0 aliphatic carbocycles. The quantitative estimate of drug-likeness (QED) is 0.506. The lowest BCUT2D eigenvalue weighted by Gasteiger charge is -2.07. The minimum atomic E-state index is -0.823. The van der Waals surface area contributed by atoms with Crippen LogP contribution in [0.25, 0.3) is 0 Å². The van der Waals surface area contributed by atoms with Crippen molar-refractivity contribution >= 4 is 34.9 Å². The van der Waals surface area contributed by atoms with E-state index in [0.29, 0.717) is 0 Å². The fourth-order valence-electron chi connectivity index (χ4n) is 1.75. The second kappa shape index (κ2) is 7.51. The van der Waals surface area contributed by atoms with Crippen LogP contribution in [0.1, 0.15) is 10.4 Å². The average Bonchev–Trinajstić information content (AvgIpc) is 2.54. The summed E-state index contributed by atoms with van der Waals surface area (Å²) < 4.78 is 17.5. The van der Waals surface area contributed by atoms with Crippen molar-refractivity contribution in [3.8, 4) is 0 Å². The highest BCUT2D eigenvalue weighted by molar-refractivity contribution is 6.31. The van der Waals surface area contributed by atoms with Crippen LogP contribution in [-0.2, 0) is 9.53 Å². The third kappa shape index (κ3) is 4.50. The van der Waals surface area contributed by atoms with Gasteiger partial charge in [0, 0.05) is 11.1 Å². The number of amides is 1. The number of nitro groups is 1. The lowest BCUT2D eigenvalue weighted by molar-refractivity contribution is -0.383. The molecule has 0 aliphatic rings. The second-order valence-corrected chi connectivity index (χ2v) is 4.99. The molecule has 0 unspecified atom stereocenters. The average molecular weight is 353 g/mol. The molecular formula is C15H10ClFN2O5. The zero-order valence-electron chi connectivity index (χ0n) is 12.0. The first kappa shape index (κ1) is 17.4. The lowest BCUT2D eigenvalue weighted by atomic mass is 10.2. The van der Waals surface area contributed by atoms with Crippen LogP contribution in [0.4, 0.5) is 15.8 Å². The standard InChI is InChI=1S/C15H10ClFN2O5/c16-10-3-6-12(13(7-10)19(22)23)18-14(20)8-24-15(21)9-1-4-11(17)5-2-9/h1-7H,8H2,(H,18,20). The molecule has 7 nitrogen and oxygen atoms in total. The molecule has 2 rings (SSSR count). The van der Waals surface area contributed by atoms with Crippen LogP contribution < -0.4 is 5.32 Å². The van der Waals surface area contributed by atoms with E-state index in [4.69, 9.17) is 16.3 Å². The van der Waals surface area contributed by atoms with Crippen LogP contribution in [0.3, 0.4) is 0 Å². The van der Waals surface area contributed by atoms with Gasteiger partial charge >= 0.3 is 5.97 Å². The predicted octanol–water partition coefficient (Wildman–Crippen LogP) is 3.18. The van der Waals surface area contributed by atoms with Crippen molar-refractivity contribution in [3.63, 3.8) is 0 Å². The third-order valence-corrected chi connectivity index (χ3v) is 3.08. The van der Waals surface area contributed by atoms with E-state index in [1.54, 1.807) is 0 Å². The molecule has 2 aromatic rings. The summed E-state index contributed by atoms with van der Waals surface area (Å²) in [5.41, 5.74) is -0.394. The van der Waals surface area contributed by atoms with Crippen molar-refractivity contribution in [2.75, 3.05) is 11.9 Å². The number of esters is 1. The molecule has 0 saturated heterocycles. The zero-order chi connectivity index (χ0) is 17.7. The number of halogens is 2. The Morgan fingerprint density at radius 2 is 1.88 bits per heavy atom. The first-order chi connectivity index (χ1) is 11.4. The monoisotopic (exact) mass is 352 g/mol. The van der Waals surface area contributed by atoms with Gasteiger partial charge in [0.1, 0.15) is 11.5 Å². The maximum Gasteiger partial charge on any atom is 0.338 e. The van der Waals surface area contributed by atoms with Crippen LogP contribution in [0.2, 0.25) is 5.02 Å². The van der Waals surface area contributed by atoms with E-state index in [0.717, 1.165) is 18.2 Å². The van der Waals surface area contributed by atoms with Gasteiger partial charge in [-0.25, -0.2) is 9.18 Å². The van der Waals surface area contributed by atoms with Gasteiger partial charge in [0.2, 0.25) is 0 Å². The number of ether oxygens (including phenoxy) is 1. The molecule has 0 aromatic heterocycles. The van der Waals surface area contributed by atoms with Gasteiger partial charge in [-0.05, 0) is 36.4 Å². The number of nitrogens with zero attached hydrogens (tertiary/aromatic N) is 1. The summed E-state index contributed by atoms with van der Waals surface area (Å²) in [4.78, 5) is 33.7. The van der Waals surface area contributed by atoms with Gasteiger partial charge in [-0.2, -0.15) is 0 Å². The molecule has 0 aliphatic heterocycles. The van der Waals surface area contributed by atoms with Crippen LogP contribution in [-0.4, -0.2) is 23.4 Å². The first-order valence-corrected chi connectivity index (χ1v) is 6.91. The molecule has 0 heterocycles. The fourth-order valence-corrected chi connectivity index (χ4v) is 1.91. The van der Waals surface area contributed by atoms with Crippen molar-refractivity contribution in [1.82, 2.24) is 0 Å². The first-order valence-electron chi connectivity index (χ1n) is 6.53. The highest BCUT2D eigenvalue weighted by Gasteiger charge is 2.17. The van der Waals surface area contributed by atoms with Crippen molar-refractivity contribution in [1.29, 1.82) is 0 Å². The number of nitro benzene ring substituents is 1. The normalized spacial score (nSPS) is 10.1. The number of carbonyl (C=O) groups is 2. The summed E-state index contributed by atoms with van der Waals surface area (Å²) in [5, 5.41) is 13.3. The highest BCUT2D eigenvalue weighted by Crippen LogP contribution is 2.27. The van der Waals surface area contributed by atoms with Crippen LogP contribution >= 0.6 is 11.6 Å². The highest BCUT2D eigenvalue weighted by atomic mass is 35.5. The molecule has 0 atom stereocenters. The summed E-state index contributed by atoms with van der Waals surface area (Å²) in [6.45, 7) is -0.657. The molecule has 9 heteroatoms. The Hall–Kier alpha value is -3.00. The number of rotatable bonds is 5. The third-order valence-electron chi connectivity index (χ3n) is 2.84. The van der Waals surface area contributed by atoms with Gasteiger partial charge in [0.05, 0.1) is 10.5 Å². The van der Waals surface area contributed by atoms with Gasteiger partial charge in [0.25, 0.3) is 11.6 Å². The van der Waals surface area contributed by atoms with E-state index in [1.165, 1.54) is 24.3 Å². The minimum Gasteiger partial charge on any atom is -0.452 e. The predicted molar refractivity (Wildman–Crippen MR) is 83.4 cm³/mol. The van der Waals surface area contributed by atoms with Crippen molar-refractivity contribution in [3.05, 3.63) is 69.0 Å². The molecule has 24 heavy (non-hydrogen) atoms. The van der Waals surface area contributed by atoms with Gasteiger partial charge in [-0.3, -0.25) is 14.9 Å². The number of carbonyl (C=O) groups excluding carboxylic acids is 2. The molecule has 1 N–H and O–H groups in total. The Bertz CT molecular complexity index is 795. The summed E-state index contributed by atoms with van der Waals surface area (Å²) in [6, 6.07) is 8.29. The van der Waals surface area contributed by atoms with Gasteiger partial charge in [0.15, 0.2) is 6.61 Å². The minimum absolute atomic E-state index is 0.0710. The number of benzene rings is 2. The SMILES string of the molecule is O=C(COC(=O)c1ccc(F)cc1)Nc1ccc(Cl)cc1[N+](=O)[O-]. The van der Waals surface area contributed by atoms with Gasteiger partial charge in [-0.15, -0.1) is 0 Å². The molecule has 0 bridgehead atoms. The summed E-state index contributed by atoms with van der Waals surface area (Å²) in [6.07, 6.45) is 0. The smallest absolute Gasteiger partial charge is 0.338 e. The fraction of sp³-hybridized carbons (Fsp3) is 0.0667. The van der Waals surface area contributed by atoms with Gasteiger partial charge < -0.3 is 10.1 Å². The van der Waals surface area contributed by atoms with E-state index in [9.17, 15) is 24.1 Å². The van der Waals surface area contributed by atoms with Crippen molar-refractivity contribution < 1.29 is 23.6 Å². The Morgan fingerprint density at radius 3 is 2.50 bits per heavy atom. The molecule has 0 fully saturated rings. The summed E-state index contributed by atoms with van der Waals surface area (Å²) >= 11 is 5.67. The molecule has 124 valence electrons. The van der Waals surface area contributed by atoms with E-state index in [2.05, 4.69) is 5.32 Å². The van der Waals surface area contributed by atoms with E-state index >= 15 is 0 Å². The van der Waals surface area contributed by atoms with Gasteiger partial charge in [-0.1, -0.05) is 11.6 Å². The topological polar surface area (TPSA) is 98.5 Å². The maximum atomic E-state index is 12.8. The second-order valence-electron chi connectivity index (χ2n) is 4.55. The Kier molecular flexibility index (Phi) is 5.43. The van der Waals surface area contributed by atoms with Crippen LogP contribution in [0, 0.1) is 15.9 Å². The lowest BCUT2D eigenvalue weighted by Crippen LogP contribution is -2.21. The van der Waals surface area contributed by atoms with Crippen molar-refractivity contribution in [2.45, 2.75) is 0 Å². The molecule has 1 amide bonds. The van der Waals surface area contributed by atoms with E-state index < -0.39 is 29.2 Å². The molecule has 0 spiro atoms. The Labute approximate surface area is 140 Å². The molecule has 0 radical (unpaired) electrons. The van der Waals surface area contributed by atoms with E-state index in [-0.39, 0.29) is 22.0 Å². The maximum absolute atomic E-state index is 12.8. The van der Waals surface area contributed by atoms with Crippen LogP contribution in [0.15, 0.2) is 42.5 Å². The van der Waals surface area contributed by atoms with Crippen molar-refractivity contribution in [2.24, 2.45) is 0 Å². The zero-order valence-corrected chi connectivity index (χ0v) is 12.7. The Balaban J connectivity index is 1.98. The number of nitrogens with one attached hydrogen (secondary N) is 1. The molecule has 0 saturated carbocycles. The Morgan fingerprint density at radius 1 is 1.21 bits per heavy atom.